The first kappa shape index (κ1) is 50.6. The van der Waals surface area contributed by atoms with Gasteiger partial charge in [0, 0.05) is 17.2 Å². The molecule has 0 N–H and O–H groups in total. The van der Waals surface area contributed by atoms with Crippen molar-refractivity contribution in [2.24, 2.45) is 0 Å². The van der Waals surface area contributed by atoms with Crippen LogP contribution in [0.4, 0.5) is 30.7 Å². The second-order valence-corrected chi connectivity index (χ2v) is 16.1. The van der Waals surface area contributed by atoms with Crippen LogP contribution in [0, 0.1) is 5.82 Å². The molecule has 68 heavy (non-hydrogen) atoms. The molecule has 0 spiro atoms. The van der Waals surface area contributed by atoms with E-state index in [4.69, 9.17) is 23.9 Å². The maximum absolute atomic E-state index is 15.5. The number of hydrogen-bond acceptors (Lipinski definition) is 8. The standard InChI is InChI=1S/C53H51F7N2O6/c1-4-6-14-47(44-12-8-10-42(61-44)35-18-24-38(25-19-35)52(55,56)57)66-40-28-22-37(49(33-40)65-3)23-31-51(64)68-50(63)30-17-34-16-29-46(41(54)32-34)67-48(15-7-5-2)45-13-9-11-43(62-45)36-20-26-39(27-21-36)53(58,59)60/h8-13,16,18-22,24-29,32-33,47-48H,4-7,14-15,17,23,30-31H2,1-3H3/t47-,48+/m1/s1. The Hall–Kier alpha value is -6.77. The van der Waals surface area contributed by atoms with Crippen LogP contribution in [0.25, 0.3) is 22.5 Å². The summed E-state index contributed by atoms with van der Waals surface area (Å²) in [5, 5.41) is 0. The van der Waals surface area contributed by atoms with Crippen LogP contribution in [0.5, 0.6) is 17.2 Å². The average Bonchev–Trinajstić information content (AvgIpc) is 3.33. The number of aryl methyl sites for hydroxylation is 2. The SMILES string of the molecule is CCCC[C@H](Oc1ccc(CCC(=O)OC(=O)CCc2ccc(O[C@H](CCCC)c3cccc(-c4ccc(C(F)(F)F)cc4)n3)cc2OC)cc1F)c1cccc(-c2ccc(C(F)(F)F)cc2)n1. The van der Waals surface area contributed by atoms with E-state index in [0.29, 0.717) is 69.4 Å². The number of carbonyl (C=O) groups excluding carboxylic acids is 2. The quantitative estimate of drug-likeness (QED) is 0.0400. The molecule has 6 aromatic rings. The van der Waals surface area contributed by atoms with E-state index in [1.807, 2.05) is 13.8 Å². The van der Waals surface area contributed by atoms with Crippen LogP contribution in [0.3, 0.4) is 0 Å². The summed E-state index contributed by atoms with van der Waals surface area (Å²) in [6, 6.07) is 29.4. The maximum Gasteiger partial charge on any atom is 0.416 e. The molecule has 0 fully saturated rings. The third-order valence-electron chi connectivity index (χ3n) is 11.1. The molecule has 6 rings (SSSR count). The molecule has 2 atom stereocenters. The first-order chi connectivity index (χ1) is 32.5. The van der Waals surface area contributed by atoms with Gasteiger partial charge in [-0.3, -0.25) is 9.59 Å². The summed E-state index contributed by atoms with van der Waals surface area (Å²) in [6.45, 7) is 4.04. The average molecular weight is 945 g/mol. The molecule has 358 valence electrons. The Bertz CT molecular complexity index is 2620. The van der Waals surface area contributed by atoms with Crippen LogP contribution in [0.1, 0.15) is 111 Å². The lowest BCUT2D eigenvalue weighted by Crippen LogP contribution is -2.14. The molecule has 2 heterocycles. The molecule has 0 aliphatic rings. The number of hydrogen-bond donors (Lipinski definition) is 0. The summed E-state index contributed by atoms with van der Waals surface area (Å²) < 4.78 is 117. The predicted molar refractivity (Wildman–Crippen MR) is 242 cm³/mol. The number of pyridine rings is 2. The molecular formula is C53H51F7N2O6. The van der Waals surface area contributed by atoms with Crippen molar-refractivity contribution in [3.8, 4) is 39.8 Å². The summed E-state index contributed by atoms with van der Waals surface area (Å²) >= 11 is 0. The van der Waals surface area contributed by atoms with Gasteiger partial charge in [-0.05, 0) is 116 Å². The molecule has 2 aromatic heterocycles. The first-order valence-corrected chi connectivity index (χ1v) is 22.4. The number of benzene rings is 4. The summed E-state index contributed by atoms with van der Waals surface area (Å²) in [4.78, 5) is 34.8. The molecule has 15 heteroatoms. The van der Waals surface area contributed by atoms with E-state index in [1.165, 1.54) is 43.5 Å². The van der Waals surface area contributed by atoms with Crippen LogP contribution in [0.2, 0.25) is 0 Å². The van der Waals surface area contributed by atoms with Crippen molar-refractivity contribution >= 4 is 11.9 Å². The first-order valence-electron chi connectivity index (χ1n) is 22.4. The number of alkyl halides is 6. The fraction of sp³-hybridized carbons (Fsp3) is 0.321. The zero-order valence-corrected chi connectivity index (χ0v) is 37.8. The van der Waals surface area contributed by atoms with Crippen molar-refractivity contribution in [1.82, 2.24) is 9.97 Å². The molecule has 8 nitrogen and oxygen atoms in total. The van der Waals surface area contributed by atoms with Gasteiger partial charge in [-0.2, -0.15) is 26.3 Å². The molecule has 4 aromatic carbocycles. The zero-order valence-electron chi connectivity index (χ0n) is 37.8. The largest absolute Gasteiger partial charge is 0.496 e. The van der Waals surface area contributed by atoms with E-state index in [9.17, 15) is 35.9 Å². The number of esters is 2. The minimum atomic E-state index is -4.47. The van der Waals surface area contributed by atoms with Gasteiger partial charge in [0.1, 0.15) is 23.7 Å². The minimum Gasteiger partial charge on any atom is -0.496 e. The van der Waals surface area contributed by atoms with Crippen molar-refractivity contribution in [3.05, 3.63) is 161 Å². The van der Waals surface area contributed by atoms with Crippen molar-refractivity contribution in [2.75, 3.05) is 7.11 Å². The van der Waals surface area contributed by atoms with Gasteiger partial charge < -0.3 is 18.9 Å². The lowest BCUT2D eigenvalue weighted by atomic mass is 10.0. The molecular weight excluding hydrogens is 894 g/mol. The van der Waals surface area contributed by atoms with Crippen molar-refractivity contribution in [2.45, 2.75) is 103 Å². The summed E-state index contributed by atoms with van der Waals surface area (Å²) in [5.74, 6) is -1.32. The Morgan fingerprint density at radius 1 is 0.588 bits per heavy atom. The number of aromatic nitrogens is 2. The topological polar surface area (TPSA) is 96.8 Å². The molecule has 0 aliphatic heterocycles. The molecule has 0 saturated heterocycles. The number of methoxy groups -OCH3 is 1. The van der Waals surface area contributed by atoms with Gasteiger partial charge in [-0.15, -0.1) is 0 Å². The molecule has 0 aliphatic carbocycles. The van der Waals surface area contributed by atoms with Crippen molar-refractivity contribution < 1.29 is 59.3 Å². The Morgan fingerprint density at radius 2 is 1.10 bits per heavy atom. The number of ether oxygens (including phenoxy) is 4. The second kappa shape index (κ2) is 23.3. The molecule has 0 bridgehead atoms. The van der Waals surface area contributed by atoms with E-state index in [2.05, 4.69) is 4.98 Å². The Kier molecular flexibility index (Phi) is 17.4. The second-order valence-electron chi connectivity index (χ2n) is 16.1. The van der Waals surface area contributed by atoms with Crippen molar-refractivity contribution in [1.29, 1.82) is 0 Å². The molecule has 0 saturated carbocycles. The Labute approximate surface area is 390 Å². The van der Waals surface area contributed by atoms with E-state index >= 15 is 4.39 Å². The number of carbonyl (C=O) groups is 2. The highest BCUT2D eigenvalue weighted by Gasteiger charge is 2.31. The monoisotopic (exact) mass is 944 g/mol. The van der Waals surface area contributed by atoms with Gasteiger partial charge in [0.05, 0.1) is 53.9 Å². The van der Waals surface area contributed by atoms with Crippen LogP contribution < -0.4 is 14.2 Å². The fourth-order valence-corrected chi connectivity index (χ4v) is 7.39. The van der Waals surface area contributed by atoms with E-state index in [0.717, 1.165) is 49.9 Å². The summed E-state index contributed by atoms with van der Waals surface area (Å²) in [6.07, 6.45) is -5.71. The van der Waals surface area contributed by atoms with Gasteiger partial charge in [0.15, 0.2) is 11.6 Å². The van der Waals surface area contributed by atoms with E-state index in [1.54, 1.807) is 60.7 Å². The van der Waals surface area contributed by atoms with E-state index < -0.39 is 53.4 Å². The molecule has 0 amide bonds. The lowest BCUT2D eigenvalue weighted by Gasteiger charge is -2.20. The zero-order chi connectivity index (χ0) is 48.8. The highest BCUT2D eigenvalue weighted by Crippen LogP contribution is 2.35. The van der Waals surface area contributed by atoms with Gasteiger partial charge in [-0.25, -0.2) is 14.4 Å². The number of unbranched alkanes of at least 4 members (excludes halogenated alkanes) is 2. The van der Waals surface area contributed by atoms with E-state index in [-0.39, 0.29) is 31.4 Å². The number of halogens is 7. The highest BCUT2D eigenvalue weighted by atomic mass is 19.4. The third-order valence-corrected chi connectivity index (χ3v) is 11.1. The normalized spacial score (nSPS) is 12.6. The van der Waals surface area contributed by atoms with Crippen molar-refractivity contribution in [3.63, 3.8) is 0 Å². The Balaban J connectivity index is 1.01. The Morgan fingerprint density at radius 3 is 1.59 bits per heavy atom. The van der Waals surface area contributed by atoms with Gasteiger partial charge in [0.25, 0.3) is 0 Å². The third kappa shape index (κ3) is 14.1. The van der Waals surface area contributed by atoms with Gasteiger partial charge in [-0.1, -0.05) is 75.2 Å². The maximum atomic E-state index is 15.5. The van der Waals surface area contributed by atoms with Crippen LogP contribution in [-0.2, 0) is 39.5 Å². The minimum absolute atomic E-state index is 0.0395. The number of nitrogens with zero attached hydrogens (tertiary/aromatic N) is 2. The number of rotatable bonds is 21. The summed E-state index contributed by atoms with van der Waals surface area (Å²) in [7, 11) is 1.48. The summed E-state index contributed by atoms with van der Waals surface area (Å²) in [5.41, 5.74) is 2.67. The predicted octanol–water partition coefficient (Wildman–Crippen LogP) is 14.3. The fourth-order valence-electron chi connectivity index (χ4n) is 7.39. The highest BCUT2D eigenvalue weighted by molar-refractivity contribution is 5.85. The molecule has 0 radical (unpaired) electrons. The molecule has 0 unspecified atom stereocenters. The van der Waals surface area contributed by atoms with Gasteiger partial charge in [0.2, 0.25) is 0 Å². The van der Waals surface area contributed by atoms with Crippen LogP contribution in [-0.4, -0.2) is 29.0 Å². The van der Waals surface area contributed by atoms with Gasteiger partial charge >= 0.3 is 24.3 Å². The van der Waals surface area contributed by atoms with Crippen LogP contribution >= 0.6 is 0 Å². The van der Waals surface area contributed by atoms with Crippen LogP contribution in [0.15, 0.2) is 121 Å². The lowest BCUT2D eigenvalue weighted by molar-refractivity contribution is -0.159. The smallest absolute Gasteiger partial charge is 0.416 e.